The first-order chi connectivity index (χ1) is 8.61. The van der Waals surface area contributed by atoms with Crippen molar-refractivity contribution in [1.29, 1.82) is 0 Å². The average Bonchev–Trinajstić information content (AvgIpc) is 3.19. The molecule has 1 atom stereocenters. The molecule has 0 aliphatic heterocycles. The highest BCUT2D eigenvalue weighted by Gasteiger charge is 2.30. The Bertz CT molecular complexity index is 433. The van der Waals surface area contributed by atoms with Gasteiger partial charge in [-0.15, -0.1) is 0 Å². The highest BCUT2D eigenvalue weighted by molar-refractivity contribution is 5.77. The van der Waals surface area contributed by atoms with E-state index in [1.807, 2.05) is 0 Å². The van der Waals surface area contributed by atoms with Crippen LogP contribution >= 0.6 is 0 Å². The fraction of sp³-hybridized carbons (Fsp3) is 0.462. The lowest BCUT2D eigenvalue weighted by Gasteiger charge is -2.17. The standard InChI is InChI=1S/C13H15F2NO2/c1-18-13(17)11(16-10-5-6-10)8-3-2-4-9(7-8)12(14)15/h2-4,7,10-12,16H,5-6H2,1H3. The van der Waals surface area contributed by atoms with Crippen molar-refractivity contribution in [2.24, 2.45) is 0 Å². The highest BCUT2D eigenvalue weighted by Crippen LogP contribution is 2.27. The third-order valence-corrected chi connectivity index (χ3v) is 2.91. The molecule has 1 fully saturated rings. The van der Waals surface area contributed by atoms with Gasteiger partial charge in [0.15, 0.2) is 0 Å². The van der Waals surface area contributed by atoms with E-state index in [0.29, 0.717) is 5.56 Å². The predicted molar refractivity (Wildman–Crippen MR) is 62.3 cm³/mol. The number of hydrogen-bond donors (Lipinski definition) is 1. The number of carbonyl (C=O) groups excluding carboxylic acids is 1. The van der Waals surface area contributed by atoms with E-state index in [9.17, 15) is 13.6 Å². The Balaban J connectivity index is 2.22. The monoisotopic (exact) mass is 255 g/mol. The Kier molecular flexibility index (Phi) is 3.91. The number of halogens is 2. The molecule has 1 saturated carbocycles. The molecule has 1 N–H and O–H groups in total. The van der Waals surface area contributed by atoms with Gasteiger partial charge in [-0.2, -0.15) is 0 Å². The number of ether oxygens (including phenoxy) is 1. The zero-order chi connectivity index (χ0) is 13.1. The summed E-state index contributed by atoms with van der Waals surface area (Å²) in [5, 5.41) is 3.10. The van der Waals surface area contributed by atoms with E-state index in [-0.39, 0.29) is 11.6 Å². The van der Waals surface area contributed by atoms with Crippen molar-refractivity contribution in [2.75, 3.05) is 7.11 Å². The Morgan fingerprint density at radius 1 is 1.39 bits per heavy atom. The van der Waals surface area contributed by atoms with Gasteiger partial charge in [0.1, 0.15) is 6.04 Å². The lowest BCUT2D eigenvalue weighted by Crippen LogP contribution is -2.31. The minimum absolute atomic E-state index is 0.0843. The minimum atomic E-state index is -2.54. The van der Waals surface area contributed by atoms with Crippen molar-refractivity contribution in [3.63, 3.8) is 0 Å². The van der Waals surface area contributed by atoms with Gasteiger partial charge < -0.3 is 4.74 Å². The van der Waals surface area contributed by atoms with Crippen molar-refractivity contribution in [3.8, 4) is 0 Å². The first-order valence-electron chi connectivity index (χ1n) is 5.83. The largest absolute Gasteiger partial charge is 0.468 e. The second kappa shape index (κ2) is 5.44. The minimum Gasteiger partial charge on any atom is -0.468 e. The van der Waals surface area contributed by atoms with Crippen LogP contribution in [0.15, 0.2) is 24.3 Å². The third kappa shape index (κ3) is 3.04. The van der Waals surface area contributed by atoms with Gasteiger partial charge in [0.25, 0.3) is 6.43 Å². The quantitative estimate of drug-likeness (QED) is 0.822. The maximum Gasteiger partial charge on any atom is 0.327 e. The molecule has 1 aromatic carbocycles. The van der Waals surface area contributed by atoms with Crippen LogP contribution in [0, 0.1) is 0 Å². The molecule has 0 bridgehead atoms. The lowest BCUT2D eigenvalue weighted by atomic mass is 10.0. The Morgan fingerprint density at radius 3 is 2.61 bits per heavy atom. The Morgan fingerprint density at radius 2 is 2.06 bits per heavy atom. The molecule has 1 aromatic rings. The first kappa shape index (κ1) is 13.0. The van der Waals surface area contributed by atoms with E-state index in [2.05, 4.69) is 5.32 Å². The number of esters is 1. The number of hydrogen-bond acceptors (Lipinski definition) is 3. The van der Waals surface area contributed by atoms with E-state index in [1.54, 1.807) is 6.07 Å². The van der Waals surface area contributed by atoms with Gasteiger partial charge in [-0.1, -0.05) is 18.2 Å². The van der Waals surface area contributed by atoms with Crippen LogP contribution in [0.2, 0.25) is 0 Å². The van der Waals surface area contributed by atoms with Crippen LogP contribution in [0.1, 0.15) is 36.4 Å². The summed E-state index contributed by atoms with van der Waals surface area (Å²) in [6, 6.07) is 5.50. The van der Waals surface area contributed by atoms with E-state index >= 15 is 0 Å². The van der Waals surface area contributed by atoms with E-state index < -0.39 is 18.4 Å². The average molecular weight is 255 g/mol. The normalized spacial score (nSPS) is 16.7. The molecule has 0 radical (unpaired) electrons. The molecule has 98 valence electrons. The zero-order valence-electron chi connectivity index (χ0n) is 10.0. The van der Waals surface area contributed by atoms with Crippen LogP contribution in [-0.4, -0.2) is 19.1 Å². The van der Waals surface area contributed by atoms with Crippen molar-refractivity contribution >= 4 is 5.97 Å². The zero-order valence-corrected chi connectivity index (χ0v) is 10.0. The number of nitrogens with one attached hydrogen (secondary N) is 1. The van der Waals surface area contributed by atoms with Gasteiger partial charge in [-0.25, -0.2) is 13.6 Å². The van der Waals surface area contributed by atoms with Crippen LogP contribution in [0.25, 0.3) is 0 Å². The third-order valence-electron chi connectivity index (χ3n) is 2.91. The molecule has 0 saturated heterocycles. The molecule has 0 aromatic heterocycles. The number of rotatable bonds is 5. The molecular formula is C13H15F2NO2. The Hall–Kier alpha value is -1.49. The second-order valence-electron chi connectivity index (χ2n) is 4.37. The molecule has 5 heteroatoms. The van der Waals surface area contributed by atoms with E-state index in [0.717, 1.165) is 12.8 Å². The summed E-state index contributed by atoms with van der Waals surface area (Å²) in [5.74, 6) is -0.451. The summed E-state index contributed by atoms with van der Waals surface area (Å²) in [5.41, 5.74) is 0.436. The van der Waals surface area contributed by atoms with Crippen LogP contribution in [-0.2, 0) is 9.53 Å². The van der Waals surface area contributed by atoms with Crippen LogP contribution in [0.5, 0.6) is 0 Å². The molecule has 0 amide bonds. The maximum absolute atomic E-state index is 12.6. The van der Waals surface area contributed by atoms with Gasteiger partial charge in [0.2, 0.25) is 0 Å². The molecule has 1 aliphatic rings. The summed E-state index contributed by atoms with van der Waals surface area (Å²) < 4.78 is 30.0. The summed E-state index contributed by atoms with van der Waals surface area (Å²) in [6.07, 6.45) is -0.534. The van der Waals surface area contributed by atoms with Crippen molar-refractivity contribution in [3.05, 3.63) is 35.4 Å². The number of carbonyl (C=O) groups is 1. The molecule has 0 heterocycles. The van der Waals surface area contributed by atoms with Crippen molar-refractivity contribution < 1.29 is 18.3 Å². The van der Waals surface area contributed by atoms with Crippen LogP contribution in [0.3, 0.4) is 0 Å². The van der Waals surface area contributed by atoms with Gasteiger partial charge in [0.05, 0.1) is 7.11 Å². The molecule has 1 aliphatic carbocycles. The summed E-state index contributed by atoms with van der Waals surface area (Å²) in [7, 11) is 1.29. The van der Waals surface area contributed by atoms with Gasteiger partial charge >= 0.3 is 5.97 Å². The highest BCUT2D eigenvalue weighted by atomic mass is 19.3. The summed E-state index contributed by atoms with van der Waals surface area (Å²) in [6.45, 7) is 0. The smallest absolute Gasteiger partial charge is 0.327 e. The Labute approximate surface area is 104 Å². The maximum atomic E-state index is 12.6. The molecule has 1 unspecified atom stereocenters. The van der Waals surface area contributed by atoms with Crippen molar-refractivity contribution in [2.45, 2.75) is 31.4 Å². The summed E-state index contributed by atoms with van der Waals surface area (Å²) in [4.78, 5) is 11.7. The number of methoxy groups -OCH3 is 1. The molecule has 3 nitrogen and oxygen atoms in total. The summed E-state index contributed by atoms with van der Waals surface area (Å²) >= 11 is 0. The SMILES string of the molecule is COC(=O)C(NC1CC1)c1cccc(C(F)F)c1. The van der Waals surface area contributed by atoms with Crippen molar-refractivity contribution in [1.82, 2.24) is 5.32 Å². The fourth-order valence-corrected chi connectivity index (χ4v) is 1.78. The predicted octanol–water partition coefficient (Wildman–Crippen LogP) is 2.59. The fourth-order valence-electron chi connectivity index (χ4n) is 1.78. The number of benzene rings is 1. The van der Waals surface area contributed by atoms with Gasteiger partial charge in [0, 0.05) is 11.6 Å². The van der Waals surface area contributed by atoms with Gasteiger partial charge in [-0.3, -0.25) is 5.32 Å². The second-order valence-corrected chi connectivity index (χ2v) is 4.37. The molecule has 18 heavy (non-hydrogen) atoms. The molecule has 0 spiro atoms. The number of alkyl halides is 2. The van der Waals surface area contributed by atoms with E-state index in [1.165, 1.54) is 25.3 Å². The lowest BCUT2D eigenvalue weighted by molar-refractivity contribution is -0.143. The first-order valence-corrected chi connectivity index (χ1v) is 5.83. The molecule has 2 rings (SSSR count). The van der Waals surface area contributed by atoms with Gasteiger partial charge in [-0.05, 0) is 24.5 Å². The van der Waals surface area contributed by atoms with Crippen LogP contribution in [0.4, 0.5) is 8.78 Å². The molecular weight excluding hydrogens is 240 g/mol. The topological polar surface area (TPSA) is 38.3 Å². The van der Waals surface area contributed by atoms with Crippen LogP contribution < -0.4 is 5.32 Å². The van der Waals surface area contributed by atoms with E-state index in [4.69, 9.17) is 4.74 Å².